The minimum atomic E-state index is -0.411. The number of halogens is 1. The molecule has 0 aromatic rings. The molecule has 2 fully saturated rings. The van der Waals surface area contributed by atoms with Crippen LogP contribution in [0.4, 0.5) is 0 Å². The molecule has 0 atom stereocenters. The first-order valence-corrected chi connectivity index (χ1v) is 6.70. The van der Waals surface area contributed by atoms with Gasteiger partial charge < -0.3 is 20.1 Å². The lowest BCUT2D eigenvalue weighted by molar-refractivity contribution is -0.160. The topological polar surface area (TPSA) is 64.8 Å². The molecule has 2 heterocycles. The molecule has 0 spiro atoms. The minimum absolute atomic E-state index is 0. The molecule has 2 aliphatic rings. The van der Waals surface area contributed by atoms with E-state index in [1.54, 1.807) is 0 Å². The van der Waals surface area contributed by atoms with Crippen molar-refractivity contribution in [2.24, 2.45) is 11.1 Å². The SMILES string of the molecule is CC1(C)CN(C(=O)C2(CN)CCOCC2)CCO1.Cl. The van der Waals surface area contributed by atoms with Gasteiger partial charge in [-0.2, -0.15) is 0 Å². The molecule has 0 aromatic heterocycles. The van der Waals surface area contributed by atoms with Gasteiger partial charge in [0.1, 0.15) is 0 Å². The number of carbonyl (C=O) groups excluding carboxylic acids is 1. The maximum atomic E-state index is 12.7. The van der Waals surface area contributed by atoms with Crippen LogP contribution in [-0.2, 0) is 14.3 Å². The van der Waals surface area contributed by atoms with Crippen LogP contribution in [0.1, 0.15) is 26.7 Å². The summed E-state index contributed by atoms with van der Waals surface area (Å²) >= 11 is 0. The van der Waals surface area contributed by atoms with Gasteiger partial charge >= 0.3 is 0 Å². The lowest BCUT2D eigenvalue weighted by Gasteiger charge is -2.44. The Kier molecular flexibility index (Phi) is 5.62. The zero-order chi connectivity index (χ0) is 13.2. The van der Waals surface area contributed by atoms with E-state index in [1.807, 2.05) is 18.7 Å². The van der Waals surface area contributed by atoms with E-state index < -0.39 is 5.41 Å². The Bertz CT molecular complexity index is 317. The number of amides is 1. The van der Waals surface area contributed by atoms with E-state index >= 15 is 0 Å². The number of ether oxygens (including phenoxy) is 2. The van der Waals surface area contributed by atoms with Crippen molar-refractivity contribution in [3.05, 3.63) is 0 Å². The van der Waals surface area contributed by atoms with Gasteiger partial charge in [0.25, 0.3) is 0 Å². The number of morpholine rings is 1. The first-order valence-electron chi connectivity index (χ1n) is 6.70. The van der Waals surface area contributed by atoms with Crippen LogP contribution in [0.15, 0.2) is 0 Å². The molecule has 6 heteroatoms. The normalized spacial score (nSPS) is 25.5. The van der Waals surface area contributed by atoms with Crippen LogP contribution in [0, 0.1) is 5.41 Å². The molecular formula is C13H25ClN2O3. The van der Waals surface area contributed by atoms with Gasteiger partial charge in [0.15, 0.2) is 0 Å². The van der Waals surface area contributed by atoms with Gasteiger partial charge in [-0.05, 0) is 26.7 Å². The molecule has 0 bridgehead atoms. The van der Waals surface area contributed by atoms with Crippen molar-refractivity contribution < 1.29 is 14.3 Å². The summed E-state index contributed by atoms with van der Waals surface area (Å²) in [7, 11) is 0. The summed E-state index contributed by atoms with van der Waals surface area (Å²) in [6, 6.07) is 0. The van der Waals surface area contributed by atoms with Gasteiger partial charge in [0, 0.05) is 32.8 Å². The van der Waals surface area contributed by atoms with Crippen molar-refractivity contribution >= 4 is 18.3 Å². The average molecular weight is 293 g/mol. The van der Waals surface area contributed by atoms with Gasteiger partial charge in [0.2, 0.25) is 5.91 Å². The number of hydrogen-bond acceptors (Lipinski definition) is 4. The third-order valence-electron chi connectivity index (χ3n) is 4.01. The summed E-state index contributed by atoms with van der Waals surface area (Å²) in [6.07, 6.45) is 1.47. The smallest absolute Gasteiger partial charge is 0.230 e. The maximum absolute atomic E-state index is 12.7. The Labute approximate surface area is 121 Å². The molecule has 2 N–H and O–H groups in total. The van der Waals surface area contributed by atoms with Crippen molar-refractivity contribution in [2.75, 3.05) is 39.5 Å². The number of nitrogens with zero attached hydrogens (tertiary/aromatic N) is 1. The van der Waals surface area contributed by atoms with Crippen LogP contribution < -0.4 is 5.73 Å². The van der Waals surface area contributed by atoms with Crippen molar-refractivity contribution in [1.82, 2.24) is 4.90 Å². The quantitative estimate of drug-likeness (QED) is 0.818. The molecule has 2 saturated heterocycles. The van der Waals surface area contributed by atoms with Crippen LogP contribution in [0.25, 0.3) is 0 Å². The summed E-state index contributed by atoms with van der Waals surface area (Å²) in [5, 5.41) is 0. The lowest BCUT2D eigenvalue weighted by atomic mass is 9.78. The zero-order valence-corrected chi connectivity index (χ0v) is 12.6. The van der Waals surface area contributed by atoms with Crippen LogP contribution in [0.5, 0.6) is 0 Å². The Morgan fingerprint density at radius 2 is 1.89 bits per heavy atom. The molecule has 0 saturated carbocycles. The highest BCUT2D eigenvalue weighted by Gasteiger charge is 2.43. The highest BCUT2D eigenvalue weighted by Crippen LogP contribution is 2.33. The Morgan fingerprint density at radius 1 is 1.26 bits per heavy atom. The molecule has 1 amide bonds. The molecule has 2 aliphatic heterocycles. The summed E-state index contributed by atoms with van der Waals surface area (Å²) < 4.78 is 11.0. The van der Waals surface area contributed by atoms with Crippen molar-refractivity contribution in [1.29, 1.82) is 0 Å². The molecule has 0 aliphatic carbocycles. The summed E-state index contributed by atoms with van der Waals surface area (Å²) in [6.45, 7) is 7.65. The van der Waals surface area contributed by atoms with Crippen LogP contribution >= 0.6 is 12.4 Å². The van der Waals surface area contributed by atoms with E-state index in [0.717, 1.165) is 12.8 Å². The Balaban J connectivity index is 0.00000180. The van der Waals surface area contributed by atoms with Gasteiger partial charge in [0.05, 0.1) is 17.6 Å². The molecule has 0 aromatic carbocycles. The van der Waals surface area contributed by atoms with E-state index in [1.165, 1.54) is 0 Å². The first kappa shape index (κ1) is 16.7. The van der Waals surface area contributed by atoms with E-state index in [2.05, 4.69) is 0 Å². The van der Waals surface area contributed by atoms with Gasteiger partial charge in [-0.25, -0.2) is 0 Å². The molecule has 0 radical (unpaired) electrons. The fourth-order valence-corrected chi connectivity index (χ4v) is 2.79. The second-order valence-corrected chi connectivity index (χ2v) is 5.93. The summed E-state index contributed by atoms with van der Waals surface area (Å²) in [5.41, 5.74) is 5.21. The van der Waals surface area contributed by atoms with E-state index in [0.29, 0.717) is 39.5 Å². The molecule has 0 unspecified atom stereocenters. The third kappa shape index (κ3) is 3.60. The van der Waals surface area contributed by atoms with Crippen LogP contribution in [-0.4, -0.2) is 55.9 Å². The molecule has 2 rings (SSSR count). The zero-order valence-electron chi connectivity index (χ0n) is 11.8. The molecular weight excluding hydrogens is 268 g/mol. The fraction of sp³-hybridized carbons (Fsp3) is 0.923. The second-order valence-electron chi connectivity index (χ2n) is 5.93. The molecule has 112 valence electrons. The van der Waals surface area contributed by atoms with Gasteiger partial charge in [-0.1, -0.05) is 0 Å². The van der Waals surface area contributed by atoms with Gasteiger partial charge in [-0.15, -0.1) is 12.4 Å². The highest BCUT2D eigenvalue weighted by molar-refractivity contribution is 5.85. The Hall–Kier alpha value is -0.360. The van der Waals surface area contributed by atoms with Gasteiger partial charge in [-0.3, -0.25) is 4.79 Å². The van der Waals surface area contributed by atoms with E-state index in [-0.39, 0.29) is 23.9 Å². The number of rotatable bonds is 2. The maximum Gasteiger partial charge on any atom is 0.230 e. The highest BCUT2D eigenvalue weighted by atomic mass is 35.5. The van der Waals surface area contributed by atoms with Crippen molar-refractivity contribution in [2.45, 2.75) is 32.3 Å². The summed E-state index contributed by atoms with van der Waals surface area (Å²) in [5.74, 6) is 0.185. The van der Waals surface area contributed by atoms with E-state index in [4.69, 9.17) is 15.2 Å². The largest absolute Gasteiger partial charge is 0.381 e. The van der Waals surface area contributed by atoms with Crippen LogP contribution in [0.3, 0.4) is 0 Å². The third-order valence-corrected chi connectivity index (χ3v) is 4.01. The predicted molar refractivity (Wildman–Crippen MR) is 75.4 cm³/mol. The number of nitrogens with two attached hydrogens (primary N) is 1. The molecule has 19 heavy (non-hydrogen) atoms. The minimum Gasteiger partial charge on any atom is -0.381 e. The van der Waals surface area contributed by atoms with Crippen molar-refractivity contribution in [3.63, 3.8) is 0 Å². The fourth-order valence-electron chi connectivity index (χ4n) is 2.79. The lowest BCUT2D eigenvalue weighted by Crippen LogP contribution is -2.57. The monoisotopic (exact) mass is 292 g/mol. The second kappa shape index (κ2) is 6.39. The van der Waals surface area contributed by atoms with Crippen molar-refractivity contribution in [3.8, 4) is 0 Å². The average Bonchev–Trinajstić information content (AvgIpc) is 2.37. The van der Waals surface area contributed by atoms with Crippen LogP contribution in [0.2, 0.25) is 0 Å². The first-order chi connectivity index (χ1) is 8.49. The number of hydrogen-bond donors (Lipinski definition) is 1. The number of carbonyl (C=O) groups is 1. The molecule has 5 nitrogen and oxygen atoms in total. The standard InChI is InChI=1S/C13H24N2O3.ClH/c1-12(2)10-15(5-8-18-12)11(16)13(9-14)3-6-17-7-4-13;/h3-10,14H2,1-2H3;1H. The van der Waals surface area contributed by atoms with E-state index in [9.17, 15) is 4.79 Å². The summed E-state index contributed by atoms with van der Waals surface area (Å²) in [4.78, 5) is 14.6. The predicted octanol–water partition coefficient (Wildman–Crippen LogP) is 0.801. The Morgan fingerprint density at radius 3 is 2.42 bits per heavy atom.